The van der Waals surface area contributed by atoms with E-state index in [1.54, 1.807) is 6.07 Å². The third-order valence-corrected chi connectivity index (χ3v) is 3.85. The summed E-state index contributed by atoms with van der Waals surface area (Å²) in [5, 5.41) is 10.5. The number of hydrogen-bond donors (Lipinski definition) is 2. The van der Waals surface area contributed by atoms with Gasteiger partial charge in [0.05, 0.1) is 13.7 Å². The van der Waals surface area contributed by atoms with Gasteiger partial charge < -0.3 is 4.42 Å². The lowest BCUT2D eigenvalue weighted by Crippen LogP contribution is -1.87. The Morgan fingerprint density at radius 2 is 2.38 bits per heavy atom. The number of nitrogens with one attached hydrogen (secondary N) is 1. The van der Waals surface area contributed by atoms with Crippen molar-refractivity contribution in [1.82, 2.24) is 0 Å². The van der Waals surface area contributed by atoms with Crippen LogP contribution in [0.3, 0.4) is 0 Å². The molecule has 0 amide bonds. The molecule has 2 aromatic heterocycles. The Kier molecular flexibility index (Phi) is 2.37. The molecule has 0 bridgehead atoms. The fraction of sp³-hybridized carbons (Fsp3) is 0. The lowest BCUT2D eigenvalue weighted by Gasteiger charge is -1.97. The van der Waals surface area contributed by atoms with Crippen LogP contribution >= 0.6 is 39.5 Å². The standard InChI is InChI=1S/C7H4BrNO2S2/c8-3-2-13-7-4(12)1-5(9-10)11-6(3)7/h1-2,9-10H. The minimum atomic E-state index is 0.247. The van der Waals surface area contributed by atoms with Crippen LogP contribution in [-0.2, 0) is 0 Å². The van der Waals surface area contributed by atoms with Crippen LogP contribution in [-0.4, -0.2) is 5.21 Å². The Bertz CT molecular complexity index is 505. The molecule has 2 heterocycles. The summed E-state index contributed by atoms with van der Waals surface area (Å²) >= 11 is 9.93. The van der Waals surface area contributed by atoms with Crippen molar-refractivity contribution in [2.24, 2.45) is 0 Å². The summed E-state index contributed by atoms with van der Waals surface area (Å²) in [7, 11) is 0. The maximum absolute atomic E-state index is 8.65. The highest BCUT2D eigenvalue weighted by Crippen LogP contribution is 2.33. The van der Waals surface area contributed by atoms with Gasteiger partial charge in [0.15, 0.2) is 5.58 Å². The van der Waals surface area contributed by atoms with Crippen molar-refractivity contribution < 1.29 is 9.62 Å². The predicted molar refractivity (Wildman–Crippen MR) is 58.0 cm³/mol. The van der Waals surface area contributed by atoms with Gasteiger partial charge in [0.1, 0.15) is 0 Å². The van der Waals surface area contributed by atoms with Gasteiger partial charge in [-0.2, -0.15) is 0 Å². The van der Waals surface area contributed by atoms with Gasteiger partial charge in [-0.1, -0.05) is 12.2 Å². The van der Waals surface area contributed by atoms with Crippen molar-refractivity contribution in [1.29, 1.82) is 0 Å². The molecular formula is C7H4BrNO2S2. The summed E-state index contributed by atoms with van der Waals surface area (Å²) in [6.07, 6.45) is 0. The fourth-order valence-corrected chi connectivity index (χ4v) is 2.77. The number of rotatable bonds is 1. The molecule has 0 aromatic carbocycles. The van der Waals surface area contributed by atoms with Crippen LogP contribution in [0, 0.1) is 4.51 Å². The first-order chi connectivity index (χ1) is 6.22. The van der Waals surface area contributed by atoms with Gasteiger partial charge >= 0.3 is 0 Å². The summed E-state index contributed by atoms with van der Waals surface area (Å²) in [6.45, 7) is 0. The van der Waals surface area contributed by atoms with E-state index >= 15 is 0 Å². The highest BCUT2D eigenvalue weighted by molar-refractivity contribution is 9.10. The topological polar surface area (TPSA) is 45.4 Å². The first-order valence-electron chi connectivity index (χ1n) is 3.33. The van der Waals surface area contributed by atoms with Crippen LogP contribution in [0.4, 0.5) is 5.88 Å². The summed E-state index contributed by atoms with van der Waals surface area (Å²) in [5.41, 5.74) is 2.59. The van der Waals surface area contributed by atoms with Crippen molar-refractivity contribution in [2.75, 3.05) is 5.48 Å². The van der Waals surface area contributed by atoms with Crippen molar-refractivity contribution in [3.63, 3.8) is 0 Å². The van der Waals surface area contributed by atoms with Crippen LogP contribution in [0.5, 0.6) is 0 Å². The maximum atomic E-state index is 8.65. The second-order valence-electron chi connectivity index (χ2n) is 2.33. The zero-order chi connectivity index (χ0) is 9.42. The number of halogens is 1. The molecule has 2 rings (SSSR count). The molecule has 0 spiro atoms. The van der Waals surface area contributed by atoms with E-state index < -0.39 is 0 Å². The van der Waals surface area contributed by atoms with Gasteiger partial charge in [-0.25, -0.2) is 5.48 Å². The molecule has 0 aliphatic rings. The van der Waals surface area contributed by atoms with Crippen molar-refractivity contribution in [3.8, 4) is 0 Å². The third-order valence-electron chi connectivity index (χ3n) is 1.51. The molecule has 0 aliphatic carbocycles. The smallest absolute Gasteiger partial charge is 0.218 e. The predicted octanol–water partition coefficient (Wildman–Crippen LogP) is 3.79. The molecule has 0 radical (unpaired) electrons. The highest BCUT2D eigenvalue weighted by atomic mass is 79.9. The van der Waals surface area contributed by atoms with Gasteiger partial charge in [0.2, 0.25) is 5.88 Å². The Balaban J connectivity index is 2.88. The van der Waals surface area contributed by atoms with Crippen LogP contribution in [0.15, 0.2) is 20.3 Å². The first-order valence-corrected chi connectivity index (χ1v) is 5.41. The zero-order valence-electron chi connectivity index (χ0n) is 6.20. The Morgan fingerprint density at radius 1 is 1.62 bits per heavy atom. The zero-order valence-corrected chi connectivity index (χ0v) is 9.42. The Labute approximate surface area is 91.1 Å². The Hall–Kier alpha value is -0.430. The van der Waals surface area contributed by atoms with Crippen LogP contribution in [0.25, 0.3) is 10.3 Å². The Morgan fingerprint density at radius 3 is 3.08 bits per heavy atom. The van der Waals surface area contributed by atoms with Gasteiger partial charge in [-0.15, -0.1) is 11.3 Å². The van der Waals surface area contributed by atoms with Crippen molar-refractivity contribution >= 4 is 55.7 Å². The van der Waals surface area contributed by atoms with Crippen LogP contribution in [0.2, 0.25) is 0 Å². The molecule has 0 saturated heterocycles. The van der Waals surface area contributed by atoms with E-state index in [1.165, 1.54) is 11.3 Å². The molecule has 0 atom stereocenters. The van der Waals surface area contributed by atoms with E-state index in [4.69, 9.17) is 21.8 Å². The molecule has 0 aliphatic heterocycles. The third kappa shape index (κ3) is 1.50. The van der Waals surface area contributed by atoms with Gasteiger partial charge in [-0.05, 0) is 15.9 Å². The highest BCUT2D eigenvalue weighted by Gasteiger charge is 2.07. The molecule has 68 valence electrons. The molecule has 0 unspecified atom stereocenters. The van der Waals surface area contributed by atoms with E-state index in [9.17, 15) is 0 Å². The molecular weight excluding hydrogens is 274 g/mol. The quantitative estimate of drug-likeness (QED) is 0.615. The van der Waals surface area contributed by atoms with E-state index in [2.05, 4.69) is 15.9 Å². The molecule has 2 aromatic rings. The van der Waals surface area contributed by atoms with Gasteiger partial charge in [-0.3, -0.25) is 5.21 Å². The minimum Gasteiger partial charge on any atom is -0.436 e. The SMILES string of the molecule is ONc1cc(=S)c2scc(Br)c2o1. The van der Waals surface area contributed by atoms with Crippen LogP contribution < -0.4 is 5.48 Å². The number of anilines is 1. The molecule has 0 fully saturated rings. The number of fused-ring (bicyclic) bond motifs is 1. The molecule has 2 N–H and O–H groups in total. The lowest BCUT2D eigenvalue weighted by atomic mass is 10.4. The van der Waals surface area contributed by atoms with Crippen molar-refractivity contribution in [3.05, 3.63) is 20.4 Å². The summed E-state index contributed by atoms with van der Waals surface area (Å²) in [6, 6.07) is 1.57. The van der Waals surface area contributed by atoms with Gasteiger partial charge in [0.25, 0.3) is 0 Å². The second kappa shape index (κ2) is 3.38. The maximum Gasteiger partial charge on any atom is 0.218 e. The monoisotopic (exact) mass is 277 g/mol. The second-order valence-corrected chi connectivity index (χ2v) is 4.50. The van der Waals surface area contributed by atoms with E-state index in [1.807, 2.05) is 10.9 Å². The molecule has 3 nitrogen and oxygen atoms in total. The minimum absolute atomic E-state index is 0.247. The van der Waals surface area contributed by atoms with E-state index in [-0.39, 0.29) is 5.88 Å². The van der Waals surface area contributed by atoms with Crippen LogP contribution in [0.1, 0.15) is 0 Å². The molecule has 6 heteroatoms. The van der Waals surface area contributed by atoms with Crippen molar-refractivity contribution in [2.45, 2.75) is 0 Å². The van der Waals surface area contributed by atoms with E-state index in [0.29, 0.717) is 10.1 Å². The summed E-state index contributed by atoms with van der Waals surface area (Å²) < 4.78 is 7.71. The first kappa shape index (κ1) is 9.14. The normalized spacial score (nSPS) is 10.6. The molecule has 13 heavy (non-hydrogen) atoms. The molecule has 0 saturated carbocycles. The summed E-state index contributed by atoms with van der Waals surface area (Å²) in [4.78, 5) is 0. The average Bonchev–Trinajstić information content (AvgIpc) is 2.48. The van der Waals surface area contributed by atoms with E-state index in [0.717, 1.165) is 9.17 Å². The fourth-order valence-electron chi connectivity index (χ4n) is 0.970. The average molecular weight is 278 g/mol. The number of hydrogen-bond acceptors (Lipinski definition) is 5. The summed E-state index contributed by atoms with van der Waals surface area (Å²) in [5.74, 6) is 0.247. The number of thiophene rings is 1. The largest absolute Gasteiger partial charge is 0.436 e. The lowest BCUT2D eigenvalue weighted by molar-refractivity contribution is 0.365. The van der Waals surface area contributed by atoms with Gasteiger partial charge in [0, 0.05) is 11.4 Å².